The molecule has 8 heteroatoms. The van der Waals surface area contributed by atoms with E-state index < -0.39 is 6.04 Å². The Hall–Kier alpha value is -3.00. The van der Waals surface area contributed by atoms with Gasteiger partial charge in [-0.3, -0.25) is 9.59 Å². The van der Waals surface area contributed by atoms with E-state index in [1.165, 1.54) is 11.3 Å². The van der Waals surface area contributed by atoms with E-state index >= 15 is 0 Å². The van der Waals surface area contributed by atoms with Crippen LogP contribution < -0.4 is 5.32 Å². The van der Waals surface area contributed by atoms with Crippen molar-refractivity contribution in [2.75, 3.05) is 0 Å². The molecule has 1 fully saturated rings. The summed E-state index contributed by atoms with van der Waals surface area (Å²) in [6.45, 7) is 2.08. The lowest BCUT2D eigenvalue weighted by Gasteiger charge is -2.31. The van der Waals surface area contributed by atoms with E-state index in [-0.39, 0.29) is 30.1 Å². The van der Waals surface area contributed by atoms with Crippen molar-refractivity contribution in [1.82, 2.24) is 19.8 Å². The second-order valence-electron chi connectivity index (χ2n) is 7.90. The van der Waals surface area contributed by atoms with Crippen molar-refractivity contribution in [3.8, 4) is 0 Å². The van der Waals surface area contributed by atoms with Crippen molar-refractivity contribution in [3.05, 3.63) is 70.6 Å². The first-order valence-electron chi connectivity index (χ1n) is 10.6. The van der Waals surface area contributed by atoms with Gasteiger partial charge in [0.05, 0.1) is 0 Å². The van der Waals surface area contributed by atoms with Gasteiger partial charge in [-0.25, -0.2) is 0 Å². The normalized spacial score (nSPS) is 15.4. The SMILES string of the molecule is Cc1ccc([C@@H](C(=O)NC2CCCCC2)N(Cc2ccccc2)C(=O)c2csnn2)o1. The van der Waals surface area contributed by atoms with Crippen LogP contribution in [-0.4, -0.2) is 32.3 Å². The van der Waals surface area contributed by atoms with Crippen LogP contribution in [-0.2, 0) is 11.3 Å². The van der Waals surface area contributed by atoms with Crippen molar-refractivity contribution >= 4 is 23.3 Å². The molecule has 2 amide bonds. The molecule has 0 unspecified atom stereocenters. The molecule has 2 aromatic heterocycles. The standard InChI is InChI=1S/C23H26N4O3S/c1-16-12-13-20(30-16)21(22(28)24-18-10-6-3-7-11-18)27(14-17-8-4-2-5-9-17)23(29)19-15-31-26-25-19/h2,4-5,8-9,12-13,15,18,21H,3,6-7,10-11,14H2,1H3,(H,24,28)/t21-/m0/s1. The molecular weight excluding hydrogens is 412 g/mol. The number of nitrogens with one attached hydrogen (secondary N) is 1. The molecule has 1 aromatic carbocycles. The number of aromatic nitrogens is 2. The van der Waals surface area contributed by atoms with Gasteiger partial charge in [-0.05, 0) is 49.0 Å². The molecule has 1 aliphatic rings. The van der Waals surface area contributed by atoms with Gasteiger partial charge in [0.2, 0.25) is 0 Å². The Morgan fingerprint density at radius 1 is 1.16 bits per heavy atom. The molecule has 162 valence electrons. The smallest absolute Gasteiger partial charge is 0.276 e. The summed E-state index contributed by atoms with van der Waals surface area (Å²) in [5.74, 6) is 0.551. The molecule has 0 bridgehead atoms. The van der Waals surface area contributed by atoms with Gasteiger partial charge in [-0.2, -0.15) is 0 Å². The third-order valence-electron chi connectivity index (χ3n) is 5.58. The van der Waals surface area contributed by atoms with Crippen LogP contribution in [0, 0.1) is 6.92 Å². The first kappa shape index (κ1) is 21.2. The lowest BCUT2D eigenvalue weighted by atomic mass is 9.95. The summed E-state index contributed by atoms with van der Waals surface area (Å²) in [4.78, 5) is 28.5. The van der Waals surface area contributed by atoms with E-state index in [1.54, 1.807) is 11.4 Å². The van der Waals surface area contributed by atoms with Gasteiger partial charge in [-0.15, -0.1) is 5.10 Å². The van der Waals surface area contributed by atoms with Crippen LogP contribution in [0.3, 0.4) is 0 Å². The van der Waals surface area contributed by atoms with Crippen LogP contribution in [0.25, 0.3) is 0 Å². The Bertz CT molecular complexity index is 997. The molecule has 0 aliphatic heterocycles. The molecule has 4 rings (SSSR count). The van der Waals surface area contributed by atoms with Crippen molar-refractivity contribution in [2.24, 2.45) is 0 Å². The molecule has 1 N–H and O–H groups in total. The maximum atomic E-state index is 13.5. The summed E-state index contributed by atoms with van der Waals surface area (Å²) < 4.78 is 9.68. The third kappa shape index (κ3) is 5.19. The molecular formula is C23H26N4O3S. The van der Waals surface area contributed by atoms with E-state index in [4.69, 9.17) is 4.42 Å². The minimum absolute atomic E-state index is 0.120. The average molecular weight is 439 g/mol. The summed E-state index contributed by atoms with van der Waals surface area (Å²) >= 11 is 1.11. The van der Waals surface area contributed by atoms with E-state index in [2.05, 4.69) is 14.9 Å². The first-order valence-corrected chi connectivity index (χ1v) is 11.4. The number of rotatable bonds is 7. The molecule has 1 aliphatic carbocycles. The van der Waals surface area contributed by atoms with Gasteiger partial charge >= 0.3 is 0 Å². The predicted molar refractivity (Wildman–Crippen MR) is 117 cm³/mol. The third-order valence-corrected chi connectivity index (χ3v) is 6.08. The molecule has 0 saturated heterocycles. The van der Waals surface area contributed by atoms with Gasteiger partial charge in [0.1, 0.15) is 11.5 Å². The van der Waals surface area contributed by atoms with Gasteiger partial charge in [0.15, 0.2) is 11.7 Å². The zero-order chi connectivity index (χ0) is 21.6. The van der Waals surface area contributed by atoms with Crippen LogP contribution in [0.2, 0.25) is 0 Å². The minimum atomic E-state index is -0.898. The van der Waals surface area contributed by atoms with Crippen LogP contribution in [0.15, 0.2) is 52.3 Å². The van der Waals surface area contributed by atoms with Gasteiger partial charge in [0.25, 0.3) is 11.8 Å². The largest absolute Gasteiger partial charge is 0.464 e. The fourth-order valence-electron chi connectivity index (χ4n) is 4.02. The quantitative estimate of drug-likeness (QED) is 0.595. The number of furan rings is 1. The number of benzene rings is 1. The fraction of sp³-hybridized carbons (Fsp3) is 0.391. The topological polar surface area (TPSA) is 88.3 Å². The summed E-state index contributed by atoms with van der Waals surface area (Å²) in [5.41, 5.74) is 1.14. The molecule has 2 heterocycles. The lowest BCUT2D eigenvalue weighted by Crippen LogP contribution is -2.46. The lowest BCUT2D eigenvalue weighted by molar-refractivity contribution is -0.127. The van der Waals surface area contributed by atoms with Crippen molar-refractivity contribution in [3.63, 3.8) is 0 Å². The highest BCUT2D eigenvalue weighted by molar-refractivity contribution is 7.03. The molecule has 3 aromatic rings. The maximum Gasteiger partial charge on any atom is 0.276 e. The Morgan fingerprint density at radius 2 is 1.94 bits per heavy atom. The van der Waals surface area contributed by atoms with Crippen molar-refractivity contribution < 1.29 is 14.0 Å². The Kier molecular flexibility index (Phi) is 6.76. The highest BCUT2D eigenvalue weighted by atomic mass is 32.1. The number of hydrogen-bond donors (Lipinski definition) is 1. The monoisotopic (exact) mass is 438 g/mol. The highest BCUT2D eigenvalue weighted by Crippen LogP contribution is 2.28. The fourth-order valence-corrected chi connectivity index (χ4v) is 4.45. The van der Waals surface area contributed by atoms with E-state index in [0.29, 0.717) is 11.5 Å². The number of nitrogens with zero attached hydrogens (tertiary/aromatic N) is 3. The summed E-state index contributed by atoms with van der Waals surface area (Å²) in [6.07, 6.45) is 5.32. The predicted octanol–water partition coefficient (Wildman–Crippen LogP) is 4.27. The molecule has 31 heavy (non-hydrogen) atoms. The second-order valence-corrected chi connectivity index (χ2v) is 8.51. The molecule has 7 nitrogen and oxygen atoms in total. The molecule has 0 radical (unpaired) electrons. The van der Waals surface area contributed by atoms with Gasteiger partial charge in [0, 0.05) is 18.0 Å². The van der Waals surface area contributed by atoms with Crippen molar-refractivity contribution in [1.29, 1.82) is 0 Å². The average Bonchev–Trinajstić information content (AvgIpc) is 3.46. The van der Waals surface area contributed by atoms with E-state index in [1.807, 2.05) is 43.3 Å². The van der Waals surface area contributed by atoms with Crippen LogP contribution >= 0.6 is 11.5 Å². The second kappa shape index (κ2) is 9.87. The zero-order valence-electron chi connectivity index (χ0n) is 17.5. The van der Waals surface area contributed by atoms with Gasteiger partial charge in [-0.1, -0.05) is 54.1 Å². The summed E-state index contributed by atoms with van der Waals surface area (Å²) in [7, 11) is 0. The highest BCUT2D eigenvalue weighted by Gasteiger charge is 2.36. The van der Waals surface area contributed by atoms with Crippen molar-refractivity contribution in [2.45, 2.75) is 57.7 Å². The number of carbonyl (C=O) groups excluding carboxylic acids is 2. The number of carbonyl (C=O) groups is 2. The van der Waals surface area contributed by atoms with Crippen LogP contribution in [0.5, 0.6) is 0 Å². The Labute approximate surface area is 185 Å². The van der Waals surface area contributed by atoms with E-state index in [0.717, 1.165) is 42.8 Å². The summed E-state index contributed by atoms with van der Waals surface area (Å²) in [6, 6.07) is 12.4. The van der Waals surface area contributed by atoms with Crippen LogP contribution in [0.1, 0.15) is 65.7 Å². The van der Waals surface area contributed by atoms with Gasteiger partial charge < -0.3 is 14.6 Å². The minimum Gasteiger partial charge on any atom is -0.464 e. The number of aryl methyl sites for hydroxylation is 1. The summed E-state index contributed by atoms with van der Waals surface area (Å²) in [5, 5.41) is 8.72. The molecule has 1 saturated carbocycles. The maximum absolute atomic E-state index is 13.5. The number of amides is 2. The Balaban J connectivity index is 1.69. The molecule has 1 atom stereocenters. The van der Waals surface area contributed by atoms with Crippen LogP contribution in [0.4, 0.5) is 0 Å². The van der Waals surface area contributed by atoms with E-state index in [9.17, 15) is 9.59 Å². The Morgan fingerprint density at radius 3 is 2.58 bits per heavy atom. The first-order chi connectivity index (χ1) is 15.1. The molecule has 0 spiro atoms. The zero-order valence-corrected chi connectivity index (χ0v) is 18.3. The number of hydrogen-bond acceptors (Lipinski definition) is 6.